The number of nitrogens with two attached hydrogens (primary N) is 2. The lowest BCUT2D eigenvalue weighted by Gasteiger charge is -2.52. The number of Topliss-reactive ketones (excluding diaryl/α,β-unsaturated/α-hetero) is 1. The minimum Gasteiger partial charge on any atom is -0.444 e. The summed E-state index contributed by atoms with van der Waals surface area (Å²) < 4.78 is 26.2. The van der Waals surface area contributed by atoms with E-state index in [-0.39, 0.29) is 45.6 Å². The van der Waals surface area contributed by atoms with E-state index >= 15 is 0 Å². The lowest BCUT2D eigenvalue weighted by Crippen LogP contribution is -2.48. The zero-order valence-corrected chi connectivity index (χ0v) is 39.9. The summed E-state index contributed by atoms with van der Waals surface area (Å²) in [4.78, 5) is 52.2. The summed E-state index contributed by atoms with van der Waals surface area (Å²) in [6.45, 7) is 18.0. The number of ether oxygens (including phenoxy) is 2. The van der Waals surface area contributed by atoms with Gasteiger partial charge in [-0.05, 0) is 161 Å². The van der Waals surface area contributed by atoms with Crippen molar-refractivity contribution in [1.82, 2.24) is 9.80 Å². The van der Waals surface area contributed by atoms with Gasteiger partial charge in [-0.2, -0.15) is 9.12 Å². The molecule has 3 amide bonds. The van der Waals surface area contributed by atoms with Gasteiger partial charge in [0.2, 0.25) is 5.91 Å². The Kier molecular flexibility index (Phi) is 27.1. The zero-order valence-electron chi connectivity index (χ0n) is 39.8. The number of amides is 3. The topological polar surface area (TPSA) is 245 Å². The number of benzene rings is 1. The summed E-state index contributed by atoms with van der Waals surface area (Å²) in [6, 6.07) is 7.35. The molecule has 4 fully saturated rings. The molecule has 0 saturated heterocycles. The predicted molar refractivity (Wildman–Crippen MR) is 249 cm³/mol. The summed E-state index contributed by atoms with van der Waals surface area (Å²) in [5.41, 5.74) is 21.8. The van der Waals surface area contributed by atoms with Gasteiger partial charge in [0.15, 0.2) is 5.78 Å². The Bertz CT molecular complexity index is 1460. The molecular weight excluding hydrogens is 800 g/mol. The zero-order chi connectivity index (χ0) is 47.2. The average Bonchev–Trinajstić information content (AvgIpc) is 3.16. The van der Waals surface area contributed by atoms with E-state index in [2.05, 4.69) is 9.12 Å². The maximum Gasteiger partial charge on any atom is 0.410 e. The molecule has 0 heterocycles. The number of rotatable bonds is 7. The largest absolute Gasteiger partial charge is 0.444 e. The third-order valence-corrected chi connectivity index (χ3v) is 11.7. The molecule has 2 radical (unpaired) electrons. The molecule has 18 heteroatoms. The Morgan fingerprint density at radius 3 is 1.49 bits per heavy atom. The van der Waals surface area contributed by atoms with Crippen LogP contribution in [0.4, 0.5) is 13.9 Å². The molecule has 1 aromatic carbocycles. The van der Waals surface area contributed by atoms with Gasteiger partial charge in [0.25, 0.3) is 0 Å². The first-order chi connectivity index (χ1) is 28.5. The van der Waals surface area contributed by atoms with Gasteiger partial charge < -0.3 is 45.6 Å². The van der Waals surface area contributed by atoms with Crippen LogP contribution in [0.15, 0.2) is 24.3 Å². The molecule has 0 bridgehead atoms. The van der Waals surface area contributed by atoms with E-state index in [1.165, 1.54) is 25.7 Å². The maximum atomic E-state index is 12.7. The average molecular weight is 884 g/mol. The van der Waals surface area contributed by atoms with Crippen molar-refractivity contribution in [3.05, 3.63) is 35.4 Å². The number of primary amides is 1. The van der Waals surface area contributed by atoms with Crippen LogP contribution in [0.3, 0.4) is 0 Å². The van der Waals surface area contributed by atoms with Crippen LogP contribution < -0.4 is 11.5 Å². The van der Waals surface area contributed by atoms with E-state index in [1.54, 1.807) is 41.0 Å². The van der Waals surface area contributed by atoms with Crippen molar-refractivity contribution < 1.29 is 45.0 Å². The molecule has 14 nitrogen and oxygen atoms in total. The molecule has 0 aliphatic heterocycles. The van der Waals surface area contributed by atoms with E-state index in [4.69, 9.17) is 38.4 Å². The SMILES string of the molecule is CCO.CN(C(=O)OC(C)(C)C)C1CCC2(CC1)CC(CC(=O)c1ccccc1C(N)=O)C2.CN(C(=O)OC(C)(C)C)C1CCC2(CC1)CC(CN)C2.C[B]P.N=N.O.[2H][B]F.[HH]. The highest BCUT2D eigenvalue weighted by Crippen LogP contribution is 2.57. The highest BCUT2D eigenvalue weighted by atomic mass is 31.0. The monoisotopic (exact) mass is 884 g/mol. The third-order valence-electron chi connectivity index (χ3n) is 11.7. The number of aliphatic hydroxyl groups excluding tert-OH is 1. The summed E-state index contributed by atoms with van der Waals surface area (Å²) >= 11 is 0. The Morgan fingerprint density at radius 1 is 0.885 bits per heavy atom. The smallest absolute Gasteiger partial charge is 0.410 e. The molecule has 61 heavy (non-hydrogen) atoms. The van der Waals surface area contributed by atoms with E-state index in [1.807, 2.05) is 69.5 Å². The van der Waals surface area contributed by atoms with Crippen LogP contribution >= 0.6 is 9.12 Å². The number of hydrogen-bond donors (Lipinski definition) is 5. The number of nitrogens with zero attached hydrogens (tertiary/aromatic N) is 2. The second kappa shape index (κ2) is 28.5. The van der Waals surface area contributed by atoms with Crippen LogP contribution in [0, 0.1) is 33.7 Å². The molecule has 4 aliphatic carbocycles. The van der Waals surface area contributed by atoms with Crippen molar-refractivity contribution in [3.8, 4) is 0 Å². The van der Waals surface area contributed by atoms with Gasteiger partial charge in [-0.3, -0.25) is 9.59 Å². The Morgan fingerprint density at radius 2 is 1.20 bits per heavy atom. The fourth-order valence-corrected chi connectivity index (χ4v) is 8.94. The Labute approximate surface area is 373 Å². The molecule has 2 spiro atoms. The van der Waals surface area contributed by atoms with Crippen molar-refractivity contribution in [1.29, 1.82) is 12.4 Å². The van der Waals surface area contributed by atoms with Crippen LogP contribution in [0.5, 0.6) is 0 Å². The van der Waals surface area contributed by atoms with Crippen LogP contribution in [-0.4, -0.2) is 111 Å². The van der Waals surface area contributed by atoms with Crippen molar-refractivity contribution >= 4 is 48.1 Å². The number of nitrogens with one attached hydrogen (secondary N) is 2. The number of halogens is 1. The molecule has 1 atom stereocenters. The molecule has 9 N–H and O–H groups in total. The number of hydrogen-bond acceptors (Lipinski definition) is 10. The number of ketones is 1. The van der Waals surface area contributed by atoms with E-state index in [0.717, 1.165) is 63.8 Å². The van der Waals surface area contributed by atoms with Gasteiger partial charge in [-0.15, -0.1) is 0 Å². The van der Waals surface area contributed by atoms with Crippen molar-refractivity contribution in [2.24, 2.45) is 34.1 Å². The first-order valence-corrected chi connectivity index (χ1v) is 21.8. The van der Waals surface area contributed by atoms with Gasteiger partial charge in [0.1, 0.15) is 18.2 Å². The van der Waals surface area contributed by atoms with Gasteiger partial charge in [-0.1, -0.05) is 25.0 Å². The minimum absolute atomic E-state index is 0. The fourth-order valence-electron chi connectivity index (χ4n) is 8.94. The quantitative estimate of drug-likeness (QED) is 0.0775. The van der Waals surface area contributed by atoms with Crippen molar-refractivity contribution in [3.63, 3.8) is 0 Å². The first-order valence-electron chi connectivity index (χ1n) is 21.8. The molecule has 350 valence electrons. The fraction of sp³-hybridized carbons (Fsp3) is 0.767. The molecule has 1 aromatic rings. The molecule has 0 aromatic heterocycles. The van der Waals surface area contributed by atoms with Gasteiger partial charge in [-0.25, -0.2) is 20.7 Å². The van der Waals surface area contributed by atoms with Crippen LogP contribution in [0.1, 0.15) is 154 Å². The highest BCUT2D eigenvalue weighted by Gasteiger charge is 2.48. The molecule has 1 unspecified atom stereocenters. The molecule has 5 rings (SSSR count). The number of carbonyl (C=O) groups is 4. The van der Waals surface area contributed by atoms with E-state index in [9.17, 15) is 23.5 Å². The first kappa shape index (κ1) is 57.9. The third kappa shape index (κ3) is 20.3. The number of aliphatic hydroxyl groups is 1. The Hall–Kier alpha value is -3.13. The maximum absolute atomic E-state index is 12.7. The van der Waals surface area contributed by atoms with E-state index < -0.39 is 17.1 Å². The van der Waals surface area contributed by atoms with Gasteiger partial charge in [0.05, 0.1) is 0 Å². The summed E-state index contributed by atoms with van der Waals surface area (Å²) in [5.74, 6) is 0.549. The second-order valence-electron chi connectivity index (χ2n) is 18.6. The molecule has 4 aliphatic rings. The van der Waals surface area contributed by atoms with Crippen LogP contribution in [0.2, 0.25) is 6.82 Å². The molecular formula is C43H82B2FN6O8P. The van der Waals surface area contributed by atoms with Gasteiger partial charge in [0, 0.05) is 53.1 Å². The van der Waals surface area contributed by atoms with Gasteiger partial charge >= 0.3 is 20.3 Å². The van der Waals surface area contributed by atoms with E-state index in [0.29, 0.717) is 40.3 Å². The normalized spacial score (nSPS) is 24.7. The van der Waals surface area contributed by atoms with Crippen molar-refractivity contribution in [2.45, 2.75) is 162 Å². The lowest BCUT2D eigenvalue weighted by molar-refractivity contribution is -0.0200. The summed E-state index contributed by atoms with van der Waals surface area (Å²) in [7, 11) is 5.91. The standard InChI is InChI=1S/C24H34N2O4.C16H30N2O2.C2H6O.CH5BP.BFH.H2N2.H2O.H2/c1-23(2,3)30-22(29)26(4)17-9-11-24(12-10-17)14-16(15-24)13-20(27)18-7-5-6-8-19(18)21(25)28;1-15(2,3)20-14(19)18(4)13-5-7-16(8-6-13)9-12(10-16)11-17;2*1-2-3;2*1-2;;/h5-8,16-17H,9-15H2,1-4H3,(H2,25,28);12-13H,5-11,17H2,1-4H3;3H,2H2,1H3;3H2,1H3;1H;1-2H;1H2;1H/i;;;;1D;;;. The predicted octanol–water partition coefficient (Wildman–Crippen LogP) is 8.03. The number of carbonyl (C=O) groups excluding carboxylic acids is 4. The van der Waals surface area contributed by atoms with Crippen molar-refractivity contribution in [2.75, 3.05) is 27.2 Å². The summed E-state index contributed by atoms with van der Waals surface area (Å²) in [5, 5.41) is 7.57. The summed E-state index contributed by atoms with van der Waals surface area (Å²) in [6.07, 6.45) is 13.5. The highest BCUT2D eigenvalue weighted by molar-refractivity contribution is 7.55. The molecule has 4 saturated carbocycles. The Balaban J connectivity index is -0.000000945. The van der Waals surface area contributed by atoms with Crippen LogP contribution in [-0.2, 0) is 9.47 Å². The van der Waals surface area contributed by atoms with Crippen LogP contribution in [0.25, 0.3) is 0 Å². The lowest BCUT2D eigenvalue weighted by atomic mass is 9.54. The second-order valence-corrected chi connectivity index (χ2v) is 19.3. The minimum atomic E-state index is -0.559.